The molecular formula is C43H82NO7+. The Morgan fingerprint density at radius 1 is 0.569 bits per heavy atom. The summed E-state index contributed by atoms with van der Waals surface area (Å²) in [7, 11) is 5.53. The lowest BCUT2D eigenvalue weighted by atomic mass is 10.0. The molecule has 0 saturated heterocycles. The van der Waals surface area contributed by atoms with Crippen LogP contribution >= 0.6 is 0 Å². The Bertz CT molecular complexity index is 854. The minimum absolute atomic E-state index is 0.0477. The van der Waals surface area contributed by atoms with E-state index in [9.17, 15) is 19.5 Å². The molecule has 51 heavy (non-hydrogen) atoms. The van der Waals surface area contributed by atoms with Crippen molar-refractivity contribution in [3.8, 4) is 0 Å². The summed E-state index contributed by atoms with van der Waals surface area (Å²) in [6.45, 7) is 4.73. The van der Waals surface area contributed by atoms with Crippen LogP contribution in [-0.2, 0) is 28.6 Å². The van der Waals surface area contributed by atoms with Crippen molar-refractivity contribution in [2.24, 2.45) is 0 Å². The van der Waals surface area contributed by atoms with Gasteiger partial charge in [-0.3, -0.25) is 9.59 Å². The number of unbranched alkanes of at least 4 members (excludes halogenated alkanes) is 22. The first-order valence-corrected chi connectivity index (χ1v) is 21.2. The van der Waals surface area contributed by atoms with E-state index in [4.69, 9.17) is 14.2 Å². The summed E-state index contributed by atoms with van der Waals surface area (Å²) >= 11 is 0. The van der Waals surface area contributed by atoms with E-state index in [0.29, 0.717) is 19.3 Å². The van der Waals surface area contributed by atoms with Crippen molar-refractivity contribution < 1.29 is 38.2 Å². The van der Waals surface area contributed by atoms with Crippen LogP contribution in [0.3, 0.4) is 0 Å². The SMILES string of the molecule is CCCCCC/C=C/CCCCCCCCCC(=O)OCC(COCCC(C(=O)O)[N+](C)(C)C)OC(=O)CCCCCCCCCCCCCC. The van der Waals surface area contributed by atoms with E-state index in [-0.39, 0.29) is 36.2 Å². The quantitative estimate of drug-likeness (QED) is 0.0293. The van der Waals surface area contributed by atoms with Crippen LogP contribution in [0.2, 0.25) is 0 Å². The molecule has 0 heterocycles. The number of hydrogen-bond donors (Lipinski definition) is 1. The summed E-state index contributed by atoms with van der Waals surface area (Å²) in [6, 6.07) is -0.610. The molecule has 0 radical (unpaired) electrons. The predicted octanol–water partition coefficient (Wildman–Crippen LogP) is 11.1. The molecule has 0 aromatic heterocycles. The third kappa shape index (κ3) is 33.6. The fourth-order valence-corrected chi connectivity index (χ4v) is 6.32. The molecule has 0 amide bonds. The molecule has 2 unspecified atom stereocenters. The molecule has 300 valence electrons. The number of carbonyl (C=O) groups excluding carboxylic acids is 2. The van der Waals surface area contributed by atoms with Gasteiger partial charge in [0.15, 0.2) is 12.1 Å². The van der Waals surface area contributed by atoms with Gasteiger partial charge in [-0.1, -0.05) is 148 Å². The summed E-state index contributed by atoms with van der Waals surface area (Å²) in [4.78, 5) is 36.9. The summed E-state index contributed by atoms with van der Waals surface area (Å²) in [6.07, 6.45) is 35.3. The van der Waals surface area contributed by atoms with Crippen molar-refractivity contribution in [2.45, 2.75) is 206 Å². The molecule has 0 bridgehead atoms. The maximum Gasteiger partial charge on any atom is 0.362 e. The van der Waals surface area contributed by atoms with Crippen LogP contribution in [-0.4, -0.2) is 80.6 Å². The lowest BCUT2D eigenvalue weighted by Gasteiger charge is -2.31. The molecular weight excluding hydrogens is 642 g/mol. The average molecular weight is 725 g/mol. The fraction of sp³-hybridized carbons (Fsp3) is 0.884. The van der Waals surface area contributed by atoms with Gasteiger partial charge in [-0.2, -0.15) is 0 Å². The lowest BCUT2D eigenvalue weighted by Crippen LogP contribution is -2.50. The average Bonchev–Trinajstić information content (AvgIpc) is 3.08. The molecule has 0 aliphatic rings. The van der Waals surface area contributed by atoms with Crippen LogP contribution < -0.4 is 0 Å². The van der Waals surface area contributed by atoms with Crippen molar-refractivity contribution >= 4 is 17.9 Å². The second-order valence-electron chi connectivity index (χ2n) is 15.6. The highest BCUT2D eigenvalue weighted by Crippen LogP contribution is 2.15. The molecule has 0 fully saturated rings. The van der Waals surface area contributed by atoms with Gasteiger partial charge in [-0.15, -0.1) is 0 Å². The second-order valence-corrected chi connectivity index (χ2v) is 15.6. The zero-order valence-electron chi connectivity index (χ0n) is 34.1. The monoisotopic (exact) mass is 725 g/mol. The third-order valence-electron chi connectivity index (χ3n) is 9.66. The number of likely N-dealkylation sites (N-methyl/N-ethyl adjacent to an activating group) is 1. The zero-order chi connectivity index (χ0) is 37.8. The van der Waals surface area contributed by atoms with Gasteiger partial charge >= 0.3 is 17.9 Å². The molecule has 0 rings (SSSR count). The van der Waals surface area contributed by atoms with E-state index in [2.05, 4.69) is 26.0 Å². The number of esters is 2. The van der Waals surface area contributed by atoms with Crippen LogP contribution in [0.15, 0.2) is 12.2 Å². The second kappa shape index (κ2) is 35.1. The molecule has 8 nitrogen and oxygen atoms in total. The summed E-state index contributed by atoms with van der Waals surface area (Å²) in [5.41, 5.74) is 0. The van der Waals surface area contributed by atoms with Gasteiger partial charge in [0.25, 0.3) is 0 Å². The highest BCUT2D eigenvalue weighted by atomic mass is 16.6. The number of carboxylic acids is 1. The smallest absolute Gasteiger partial charge is 0.362 e. The minimum Gasteiger partial charge on any atom is -0.477 e. The Kier molecular flexibility index (Phi) is 33.8. The van der Waals surface area contributed by atoms with Crippen LogP contribution in [0.1, 0.15) is 194 Å². The summed E-state index contributed by atoms with van der Waals surface area (Å²) in [5, 5.41) is 9.60. The highest BCUT2D eigenvalue weighted by Gasteiger charge is 2.31. The molecule has 8 heteroatoms. The maximum absolute atomic E-state index is 12.7. The Labute approximate surface area is 314 Å². The van der Waals surface area contributed by atoms with Crippen molar-refractivity contribution in [2.75, 3.05) is 41.0 Å². The number of carboxylic acid groups (broad SMARTS) is 1. The Morgan fingerprint density at radius 3 is 1.43 bits per heavy atom. The Morgan fingerprint density at radius 2 is 0.980 bits per heavy atom. The first-order chi connectivity index (χ1) is 24.6. The molecule has 2 atom stereocenters. The minimum atomic E-state index is -0.873. The molecule has 0 saturated carbocycles. The van der Waals surface area contributed by atoms with E-state index in [1.807, 2.05) is 21.1 Å². The number of quaternary nitrogens is 1. The van der Waals surface area contributed by atoms with Gasteiger partial charge < -0.3 is 23.8 Å². The fourth-order valence-electron chi connectivity index (χ4n) is 6.32. The Hall–Kier alpha value is -1.93. The normalized spacial score (nSPS) is 13.0. The van der Waals surface area contributed by atoms with E-state index >= 15 is 0 Å². The van der Waals surface area contributed by atoms with Gasteiger partial charge in [0.05, 0.1) is 34.4 Å². The van der Waals surface area contributed by atoms with Gasteiger partial charge in [-0.05, 0) is 38.5 Å². The van der Waals surface area contributed by atoms with Crippen molar-refractivity contribution in [3.63, 3.8) is 0 Å². The van der Waals surface area contributed by atoms with Gasteiger partial charge in [0.2, 0.25) is 0 Å². The molecule has 0 aromatic rings. The number of nitrogens with zero attached hydrogens (tertiary/aromatic N) is 1. The number of allylic oxidation sites excluding steroid dienone is 2. The van der Waals surface area contributed by atoms with Crippen LogP contribution in [0.25, 0.3) is 0 Å². The van der Waals surface area contributed by atoms with E-state index in [1.54, 1.807) is 0 Å². The molecule has 0 aliphatic heterocycles. The summed E-state index contributed by atoms with van der Waals surface area (Å²) < 4.78 is 17.2. The standard InChI is InChI=1S/C43H81NO7/c1-6-8-10-12-14-16-18-20-21-22-24-25-27-29-31-33-41(45)50-38-39(37-49-36-35-40(43(47)48)44(3,4)5)51-42(46)34-32-30-28-26-23-19-17-15-13-11-9-7-2/h16,18,39-40H,6-15,17,19-38H2,1-5H3/p+1/b18-16+. The first-order valence-electron chi connectivity index (χ1n) is 21.2. The topological polar surface area (TPSA) is 99.1 Å². The largest absolute Gasteiger partial charge is 0.477 e. The predicted molar refractivity (Wildman–Crippen MR) is 211 cm³/mol. The van der Waals surface area contributed by atoms with E-state index in [1.165, 1.54) is 122 Å². The van der Waals surface area contributed by atoms with E-state index in [0.717, 1.165) is 38.5 Å². The van der Waals surface area contributed by atoms with Gasteiger partial charge in [0, 0.05) is 19.3 Å². The van der Waals surface area contributed by atoms with Crippen LogP contribution in [0.4, 0.5) is 0 Å². The molecule has 1 N–H and O–H groups in total. The molecule has 0 aromatic carbocycles. The highest BCUT2D eigenvalue weighted by molar-refractivity contribution is 5.72. The van der Waals surface area contributed by atoms with Crippen molar-refractivity contribution in [3.05, 3.63) is 12.2 Å². The number of hydrogen-bond acceptors (Lipinski definition) is 6. The molecule has 0 spiro atoms. The lowest BCUT2D eigenvalue weighted by molar-refractivity contribution is -0.887. The zero-order valence-corrected chi connectivity index (χ0v) is 34.1. The van der Waals surface area contributed by atoms with Crippen molar-refractivity contribution in [1.82, 2.24) is 0 Å². The van der Waals surface area contributed by atoms with Crippen LogP contribution in [0.5, 0.6) is 0 Å². The number of ether oxygens (including phenoxy) is 3. The van der Waals surface area contributed by atoms with Crippen molar-refractivity contribution in [1.29, 1.82) is 0 Å². The maximum atomic E-state index is 12.7. The van der Waals surface area contributed by atoms with E-state index < -0.39 is 18.1 Å². The third-order valence-corrected chi connectivity index (χ3v) is 9.66. The first kappa shape index (κ1) is 49.1. The molecule has 0 aliphatic carbocycles. The van der Waals surface area contributed by atoms with Gasteiger partial charge in [-0.25, -0.2) is 4.79 Å². The van der Waals surface area contributed by atoms with Crippen LogP contribution in [0, 0.1) is 0 Å². The van der Waals surface area contributed by atoms with Gasteiger partial charge in [0.1, 0.15) is 6.61 Å². The number of aliphatic carboxylic acids is 1. The number of carbonyl (C=O) groups is 3. The summed E-state index contributed by atoms with van der Waals surface area (Å²) in [5.74, 6) is -1.46. The Balaban J connectivity index is 4.34. The number of rotatable bonds is 38.